The number of morpholine rings is 1. The summed E-state index contributed by atoms with van der Waals surface area (Å²) in [6, 6.07) is 6.66. The molecule has 1 aromatic carbocycles. The van der Waals surface area contributed by atoms with E-state index in [4.69, 9.17) is 4.74 Å². The van der Waals surface area contributed by atoms with Crippen LogP contribution in [0.3, 0.4) is 0 Å². The molecule has 0 aliphatic carbocycles. The summed E-state index contributed by atoms with van der Waals surface area (Å²) in [5, 5.41) is 10.1. The molecule has 21 heavy (non-hydrogen) atoms. The maximum absolute atomic E-state index is 12.7. The molecule has 2 aromatic rings. The summed E-state index contributed by atoms with van der Waals surface area (Å²) in [7, 11) is 1.87. The van der Waals surface area contributed by atoms with Gasteiger partial charge in [0.25, 0.3) is 5.91 Å². The quantitative estimate of drug-likeness (QED) is 0.898. The Morgan fingerprint density at radius 3 is 2.86 bits per heavy atom. The highest BCUT2D eigenvalue weighted by atomic mass is 16.5. The van der Waals surface area contributed by atoms with Crippen LogP contribution in [0.1, 0.15) is 10.4 Å². The second-order valence-corrected chi connectivity index (χ2v) is 5.10. The molecule has 0 radical (unpaired) electrons. The minimum absolute atomic E-state index is 0.0336. The maximum Gasteiger partial charge on any atom is 0.328 e. The fraction of sp³-hybridized carbons (Fsp3) is 0.333. The number of carboxylic acids is 1. The minimum atomic E-state index is -1.04. The summed E-state index contributed by atoms with van der Waals surface area (Å²) in [5.74, 6) is -1.30. The zero-order chi connectivity index (χ0) is 15.0. The van der Waals surface area contributed by atoms with Crippen molar-refractivity contribution in [1.82, 2.24) is 9.47 Å². The van der Waals surface area contributed by atoms with Crippen molar-refractivity contribution in [2.75, 3.05) is 19.8 Å². The molecule has 1 aliphatic heterocycles. The zero-order valence-electron chi connectivity index (χ0n) is 11.7. The summed E-state index contributed by atoms with van der Waals surface area (Å²) in [6.45, 7) is 0.686. The third kappa shape index (κ3) is 2.27. The maximum atomic E-state index is 12.7. The standard InChI is InChI=1S/C15H16N2O4/c1-16-8-11(10-4-2-3-5-12(10)16)14(18)17-6-7-21-9-13(17)15(19)20/h2-5,8,13H,6-7,9H2,1H3,(H,19,20)/t13-/m1/s1. The van der Waals surface area contributed by atoms with Gasteiger partial charge in [0.05, 0.1) is 18.8 Å². The topological polar surface area (TPSA) is 71.8 Å². The van der Waals surface area contributed by atoms with Crippen molar-refractivity contribution in [3.05, 3.63) is 36.0 Å². The van der Waals surface area contributed by atoms with Crippen molar-refractivity contribution < 1.29 is 19.4 Å². The number of carboxylic acid groups (broad SMARTS) is 1. The van der Waals surface area contributed by atoms with Crippen LogP contribution in [0.2, 0.25) is 0 Å². The summed E-state index contributed by atoms with van der Waals surface area (Å²) in [5.41, 5.74) is 1.47. The van der Waals surface area contributed by atoms with Gasteiger partial charge in [-0.1, -0.05) is 18.2 Å². The SMILES string of the molecule is Cn1cc(C(=O)N2CCOC[C@@H]2C(=O)O)c2ccccc21. The number of benzene rings is 1. The van der Waals surface area contributed by atoms with Crippen molar-refractivity contribution in [1.29, 1.82) is 0 Å². The molecule has 1 fully saturated rings. The molecule has 110 valence electrons. The number of carbonyl (C=O) groups is 2. The smallest absolute Gasteiger partial charge is 0.328 e. The number of carbonyl (C=O) groups excluding carboxylic acids is 1. The minimum Gasteiger partial charge on any atom is -0.480 e. The number of hydrogen-bond donors (Lipinski definition) is 1. The van der Waals surface area contributed by atoms with Crippen molar-refractivity contribution in [3.8, 4) is 0 Å². The van der Waals surface area contributed by atoms with Gasteiger partial charge in [-0.05, 0) is 6.07 Å². The average molecular weight is 288 g/mol. The zero-order valence-corrected chi connectivity index (χ0v) is 11.7. The lowest BCUT2D eigenvalue weighted by Gasteiger charge is -2.32. The fourth-order valence-electron chi connectivity index (χ4n) is 2.72. The lowest BCUT2D eigenvalue weighted by Crippen LogP contribution is -2.52. The van der Waals surface area contributed by atoms with E-state index in [1.165, 1.54) is 4.90 Å². The Balaban J connectivity index is 2.01. The third-order valence-corrected chi connectivity index (χ3v) is 3.80. The highest BCUT2D eigenvalue weighted by Crippen LogP contribution is 2.23. The van der Waals surface area contributed by atoms with Crippen LogP contribution >= 0.6 is 0 Å². The monoisotopic (exact) mass is 288 g/mol. The second kappa shape index (κ2) is 5.21. The van der Waals surface area contributed by atoms with E-state index in [2.05, 4.69) is 0 Å². The molecular weight excluding hydrogens is 272 g/mol. The molecule has 1 aliphatic rings. The Morgan fingerprint density at radius 1 is 1.33 bits per heavy atom. The Kier molecular flexibility index (Phi) is 3.39. The normalized spacial score (nSPS) is 18.9. The number of ether oxygens (including phenoxy) is 1. The van der Waals surface area contributed by atoms with E-state index < -0.39 is 12.0 Å². The van der Waals surface area contributed by atoms with Gasteiger partial charge in [-0.15, -0.1) is 0 Å². The van der Waals surface area contributed by atoms with Gasteiger partial charge in [-0.25, -0.2) is 4.79 Å². The summed E-state index contributed by atoms with van der Waals surface area (Å²) in [6.07, 6.45) is 1.75. The second-order valence-electron chi connectivity index (χ2n) is 5.10. The van der Waals surface area contributed by atoms with Crippen molar-refractivity contribution in [3.63, 3.8) is 0 Å². The average Bonchev–Trinajstić information content (AvgIpc) is 2.84. The molecular formula is C15H16N2O4. The van der Waals surface area contributed by atoms with Crippen LogP contribution in [0.15, 0.2) is 30.5 Å². The number of fused-ring (bicyclic) bond motifs is 1. The summed E-state index contributed by atoms with van der Waals surface area (Å²) < 4.78 is 7.05. The molecule has 1 aromatic heterocycles. The molecule has 6 heteroatoms. The third-order valence-electron chi connectivity index (χ3n) is 3.80. The van der Waals surface area contributed by atoms with Gasteiger partial charge < -0.3 is 19.3 Å². The molecule has 6 nitrogen and oxygen atoms in total. The molecule has 0 bridgehead atoms. The van der Waals surface area contributed by atoms with E-state index in [0.717, 1.165) is 10.9 Å². The molecule has 0 saturated carbocycles. The molecule has 1 amide bonds. The van der Waals surface area contributed by atoms with Crippen molar-refractivity contribution in [2.45, 2.75) is 6.04 Å². The van der Waals surface area contributed by atoms with Crippen molar-refractivity contribution in [2.24, 2.45) is 7.05 Å². The first-order valence-corrected chi connectivity index (χ1v) is 6.75. The van der Waals surface area contributed by atoms with E-state index in [9.17, 15) is 14.7 Å². The summed E-state index contributed by atoms with van der Waals surface area (Å²) >= 11 is 0. The number of nitrogens with zero attached hydrogens (tertiary/aromatic N) is 2. The van der Waals surface area contributed by atoms with Gasteiger partial charge in [0.2, 0.25) is 0 Å². The number of hydrogen-bond acceptors (Lipinski definition) is 3. The van der Waals surface area contributed by atoms with Crippen LogP contribution in [-0.4, -0.2) is 52.3 Å². The molecule has 3 rings (SSSR count). The number of aliphatic carboxylic acids is 1. The lowest BCUT2D eigenvalue weighted by atomic mass is 10.1. The Labute approximate surface area is 121 Å². The van der Waals surface area contributed by atoms with Gasteiger partial charge in [0, 0.05) is 30.7 Å². The molecule has 0 spiro atoms. The van der Waals surface area contributed by atoms with Crippen LogP contribution in [0.25, 0.3) is 10.9 Å². The Hall–Kier alpha value is -2.34. The van der Waals surface area contributed by atoms with Gasteiger partial charge in [-0.3, -0.25) is 4.79 Å². The van der Waals surface area contributed by atoms with Crippen LogP contribution in [0.4, 0.5) is 0 Å². The fourth-order valence-corrected chi connectivity index (χ4v) is 2.72. The van der Waals surface area contributed by atoms with Crippen LogP contribution < -0.4 is 0 Å². The highest BCUT2D eigenvalue weighted by Gasteiger charge is 2.34. The number of aryl methyl sites for hydroxylation is 1. The highest BCUT2D eigenvalue weighted by molar-refractivity contribution is 6.07. The van der Waals surface area contributed by atoms with Gasteiger partial charge in [0.15, 0.2) is 6.04 Å². The van der Waals surface area contributed by atoms with Crippen LogP contribution in [0, 0.1) is 0 Å². The molecule has 1 atom stereocenters. The largest absolute Gasteiger partial charge is 0.480 e. The van der Waals surface area contributed by atoms with Gasteiger partial charge >= 0.3 is 5.97 Å². The van der Waals surface area contributed by atoms with E-state index in [1.54, 1.807) is 6.20 Å². The lowest BCUT2D eigenvalue weighted by molar-refractivity contribution is -0.147. The first-order chi connectivity index (χ1) is 10.1. The number of amides is 1. The first-order valence-electron chi connectivity index (χ1n) is 6.75. The molecule has 2 heterocycles. The summed E-state index contributed by atoms with van der Waals surface area (Å²) in [4.78, 5) is 25.4. The van der Waals surface area contributed by atoms with E-state index in [-0.39, 0.29) is 12.5 Å². The number of aromatic nitrogens is 1. The number of rotatable bonds is 2. The molecule has 1 N–H and O–H groups in total. The van der Waals surface area contributed by atoms with Crippen molar-refractivity contribution >= 4 is 22.8 Å². The van der Waals surface area contributed by atoms with Crippen LogP contribution in [0.5, 0.6) is 0 Å². The first kappa shape index (κ1) is 13.6. The Bertz CT molecular complexity index is 707. The van der Waals surface area contributed by atoms with Gasteiger partial charge in [-0.2, -0.15) is 0 Å². The molecule has 0 unspecified atom stereocenters. The van der Waals surface area contributed by atoms with E-state index >= 15 is 0 Å². The van der Waals surface area contributed by atoms with E-state index in [1.807, 2.05) is 35.9 Å². The molecule has 1 saturated heterocycles. The predicted molar refractivity (Wildman–Crippen MR) is 76.2 cm³/mol. The van der Waals surface area contributed by atoms with Crippen LogP contribution in [-0.2, 0) is 16.6 Å². The van der Waals surface area contributed by atoms with Gasteiger partial charge in [0.1, 0.15) is 0 Å². The predicted octanol–water partition coefficient (Wildman–Crippen LogP) is 1.10. The number of para-hydroxylation sites is 1. The Morgan fingerprint density at radius 2 is 2.10 bits per heavy atom. The van der Waals surface area contributed by atoms with E-state index in [0.29, 0.717) is 18.7 Å².